The summed E-state index contributed by atoms with van der Waals surface area (Å²) in [5.41, 5.74) is 0. The van der Waals surface area contributed by atoms with Crippen molar-refractivity contribution in [2.45, 2.75) is 25.3 Å². The molecule has 104 valence electrons. The average molecular weight is 267 g/mol. The van der Waals surface area contributed by atoms with Gasteiger partial charge in [0.2, 0.25) is 0 Å². The van der Waals surface area contributed by atoms with Gasteiger partial charge >= 0.3 is 5.97 Å². The fourth-order valence-electron chi connectivity index (χ4n) is 2.43. The third-order valence-electron chi connectivity index (χ3n) is 3.37. The van der Waals surface area contributed by atoms with Gasteiger partial charge in [0.1, 0.15) is 18.2 Å². The van der Waals surface area contributed by atoms with E-state index in [4.69, 9.17) is 9.84 Å². The number of nitrogens with zero attached hydrogens (tertiary/aromatic N) is 1. The lowest BCUT2D eigenvalue weighted by Gasteiger charge is -2.22. The van der Waals surface area contributed by atoms with Gasteiger partial charge in [-0.25, -0.2) is 4.39 Å². The van der Waals surface area contributed by atoms with Crippen LogP contribution >= 0.6 is 0 Å². The fourth-order valence-corrected chi connectivity index (χ4v) is 2.43. The molecule has 0 radical (unpaired) electrons. The van der Waals surface area contributed by atoms with Crippen LogP contribution in [0.1, 0.15) is 19.3 Å². The third kappa shape index (κ3) is 4.21. The molecule has 1 heterocycles. The van der Waals surface area contributed by atoms with Crippen molar-refractivity contribution in [3.8, 4) is 5.75 Å². The Morgan fingerprint density at radius 3 is 2.84 bits per heavy atom. The van der Waals surface area contributed by atoms with Crippen LogP contribution in [-0.2, 0) is 4.79 Å². The standard InChI is InChI=1S/C14H18FNO3/c15-11-3-5-13(6-4-11)19-9-8-16-7-1-2-12(16)10-14(17)18/h3-6,12H,1-2,7-10H2,(H,17,18). The molecular formula is C14H18FNO3. The number of benzene rings is 1. The molecule has 1 aliphatic rings. The molecule has 1 fully saturated rings. The number of carboxylic acid groups (broad SMARTS) is 1. The predicted molar refractivity (Wildman–Crippen MR) is 68.7 cm³/mol. The number of hydrogen-bond acceptors (Lipinski definition) is 3. The molecule has 0 bridgehead atoms. The first-order valence-corrected chi connectivity index (χ1v) is 6.49. The van der Waals surface area contributed by atoms with Crippen molar-refractivity contribution < 1.29 is 19.0 Å². The van der Waals surface area contributed by atoms with Crippen molar-refractivity contribution in [1.29, 1.82) is 0 Å². The summed E-state index contributed by atoms with van der Waals surface area (Å²) in [5, 5.41) is 8.83. The highest BCUT2D eigenvalue weighted by atomic mass is 19.1. The monoisotopic (exact) mass is 267 g/mol. The third-order valence-corrected chi connectivity index (χ3v) is 3.37. The van der Waals surface area contributed by atoms with E-state index in [1.807, 2.05) is 0 Å². The Balaban J connectivity index is 1.75. The number of hydrogen-bond donors (Lipinski definition) is 1. The molecule has 5 heteroatoms. The molecular weight excluding hydrogens is 249 g/mol. The highest BCUT2D eigenvalue weighted by molar-refractivity contribution is 5.67. The van der Waals surface area contributed by atoms with Crippen molar-refractivity contribution >= 4 is 5.97 Å². The van der Waals surface area contributed by atoms with Crippen molar-refractivity contribution in [2.75, 3.05) is 19.7 Å². The number of carbonyl (C=O) groups is 1. The Morgan fingerprint density at radius 1 is 1.42 bits per heavy atom. The Hall–Kier alpha value is -1.62. The number of ether oxygens (including phenoxy) is 1. The number of carboxylic acids is 1. The molecule has 0 spiro atoms. The minimum Gasteiger partial charge on any atom is -0.492 e. The first-order valence-electron chi connectivity index (χ1n) is 6.49. The van der Waals surface area contributed by atoms with E-state index < -0.39 is 5.97 Å². The van der Waals surface area contributed by atoms with Crippen molar-refractivity contribution in [3.05, 3.63) is 30.1 Å². The Labute approximate surface area is 111 Å². The second kappa shape index (κ2) is 6.52. The molecule has 0 aliphatic carbocycles. The number of rotatable bonds is 6. The van der Waals surface area contributed by atoms with Crippen LogP contribution in [0.3, 0.4) is 0 Å². The van der Waals surface area contributed by atoms with Gasteiger partial charge in [-0.15, -0.1) is 0 Å². The zero-order valence-corrected chi connectivity index (χ0v) is 10.7. The average Bonchev–Trinajstić information content (AvgIpc) is 2.78. The van der Waals surface area contributed by atoms with Crippen LogP contribution in [0.25, 0.3) is 0 Å². The summed E-state index contributed by atoms with van der Waals surface area (Å²) in [6.45, 7) is 2.11. The summed E-state index contributed by atoms with van der Waals surface area (Å²) >= 11 is 0. The van der Waals surface area contributed by atoms with Crippen LogP contribution in [0.15, 0.2) is 24.3 Å². The Bertz CT molecular complexity index is 421. The van der Waals surface area contributed by atoms with E-state index in [0.29, 0.717) is 18.9 Å². The molecule has 1 saturated heterocycles. The normalized spacial score (nSPS) is 19.5. The van der Waals surface area contributed by atoms with Crippen LogP contribution in [0.5, 0.6) is 5.75 Å². The summed E-state index contributed by atoms with van der Waals surface area (Å²) in [6.07, 6.45) is 2.16. The van der Waals surface area contributed by atoms with Crippen LogP contribution < -0.4 is 4.74 Å². The van der Waals surface area contributed by atoms with Crippen LogP contribution in [0.4, 0.5) is 4.39 Å². The molecule has 0 saturated carbocycles. The largest absolute Gasteiger partial charge is 0.492 e. The quantitative estimate of drug-likeness (QED) is 0.858. The van der Waals surface area contributed by atoms with Gasteiger partial charge < -0.3 is 9.84 Å². The molecule has 4 nitrogen and oxygen atoms in total. The van der Waals surface area contributed by atoms with Gasteiger partial charge in [0.05, 0.1) is 6.42 Å². The molecule has 2 rings (SSSR count). The van der Waals surface area contributed by atoms with Crippen LogP contribution in [0, 0.1) is 5.82 Å². The van der Waals surface area contributed by atoms with E-state index in [2.05, 4.69) is 4.90 Å². The van der Waals surface area contributed by atoms with E-state index in [1.165, 1.54) is 12.1 Å². The smallest absolute Gasteiger partial charge is 0.304 e. The summed E-state index contributed by atoms with van der Waals surface area (Å²) in [5.74, 6) is -0.403. The molecule has 1 aromatic carbocycles. The zero-order chi connectivity index (χ0) is 13.7. The lowest BCUT2D eigenvalue weighted by molar-refractivity contribution is -0.138. The van der Waals surface area contributed by atoms with Gasteiger partial charge in [0.15, 0.2) is 0 Å². The summed E-state index contributed by atoms with van der Waals surface area (Å²) < 4.78 is 18.2. The van der Waals surface area contributed by atoms with Gasteiger partial charge in [-0.05, 0) is 43.7 Å². The van der Waals surface area contributed by atoms with E-state index >= 15 is 0 Å². The molecule has 1 aliphatic heterocycles. The van der Waals surface area contributed by atoms with Crippen molar-refractivity contribution in [3.63, 3.8) is 0 Å². The second-order valence-corrected chi connectivity index (χ2v) is 4.73. The van der Waals surface area contributed by atoms with Gasteiger partial charge in [-0.3, -0.25) is 9.69 Å². The minimum atomic E-state index is -0.753. The number of halogens is 1. The van der Waals surface area contributed by atoms with E-state index in [0.717, 1.165) is 19.4 Å². The first-order chi connectivity index (χ1) is 9.15. The van der Waals surface area contributed by atoms with Crippen molar-refractivity contribution in [1.82, 2.24) is 4.90 Å². The van der Waals surface area contributed by atoms with E-state index in [1.54, 1.807) is 12.1 Å². The molecule has 1 unspecified atom stereocenters. The summed E-state index contributed by atoms with van der Waals surface area (Å²) in [7, 11) is 0. The number of aliphatic carboxylic acids is 1. The molecule has 19 heavy (non-hydrogen) atoms. The predicted octanol–water partition coefficient (Wildman–Crippen LogP) is 2.14. The highest BCUT2D eigenvalue weighted by Gasteiger charge is 2.26. The Morgan fingerprint density at radius 2 is 2.16 bits per heavy atom. The fraction of sp³-hybridized carbons (Fsp3) is 0.500. The van der Waals surface area contributed by atoms with E-state index in [9.17, 15) is 9.18 Å². The zero-order valence-electron chi connectivity index (χ0n) is 10.7. The molecule has 0 aromatic heterocycles. The topological polar surface area (TPSA) is 49.8 Å². The number of likely N-dealkylation sites (tertiary alicyclic amines) is 1. The maximum absolute atomic E-state index is 12.7. The maximum Gasteiger partial charge on any atom is 0.304 e. The lowest BCUT2D eigenvalue weighted by atomic mass is 10.1. The second-order valence-electron chi connectivity index (χ2n) is 4.73. The molecule has 1 atom stereocenters. The molecule has 1 N–H and O–H groups in total. The minimum absolute atomic E-state index is 0.120. The SMILES string of the molecule is O=C(O)CC1CCCN1CCOc1ccc(F)cc1. The summed E-state index contributed by atoms with van der Waals surface area (Å²) in [6, 6.07) is 6.02. The van der Waals surface area contributed by atoms with Crippen molar-refractivity contribution in [2.24, 2.45) is 0 Å². The lowest BCUT2D eigenvalue weighted by Crippen LogP contribution is -2.34. The first kappa shape index (κ1) is 13.8. The molecule has 1 aromatic rings. The van der Waals surface area contributed by atoms with Crippen LogP contribution in [0.2, 0.25) is 0 Å². The van der Waals surface area contributed by atoms with Gasteiger partial charge in [-0.1, -0.05) is 0 Å². The Kier molecular flexibility index (Phi) is 4.74. The van der Waals surface area contributed by atoms with Gasteiger partial charge in [-0.2, -0.15) is 0 Å². The van der Waals surface area contributed by atoms with Crippen LogP contribution in [-0.4, -0.2) is 41.7 Å². The summed E-state index contributed by atoms with van der Waals surface area (Å²) in [4.78, 5) is 12.9. The molecule has 0 amide bonds. The highest BCUT2D eigenvalue weighted by Crippen LogP contribution is 2.20. The van der Waals surface area contributed by atoms with E-state index in [-0.39, 0.29) is 18.3 Å². The maximum atomic E-state index is 12.7. The van der Waals surface area contributed by atoms with Gasteiger partial charge in [0, 0.05) is 12.6 Å². The van der Waals surface area contributed by atoms with Gasteiger partial charge in [0.25, 0.3) is 0 Å².